The van der Waals surface area contributed by atoms with E-state index in [-0.39, 0.29) is 22.7 Å². The Morgan fingerprint density at radius 1 is 1.22 bits per heavy atom. The Labute approximate surface area is 192 Å². The first kappa shape index (κ1) is 23.9. The highest BCUT2D eigenvalue weighted by molar-refractivity contribution is 6.34. The van der Waals surface area contributed by atoms with E-state index in [1.165, 1.54) is 12.1 Å². The summed E-state index contributed by atoms with van der Waals surface area (Å²) in [5.74, 6) is -0.578. The van der Waals surface area contributed by atoms with Gasteiger partial charge in [0.15, 0.2) is 0 Å². The molecular weight excluding hydrogens is 435 g/mol. The number of carbonyl (C=O) groups excluding carboxylic acids is 2. The molecule has 1 aliphatic heterocycles. The average molecular weight is 463 g/mol. The van der Waals surface area contributed by atoms with E-state index in [1.807, 2.05) is 26.8 Å². The Balaban J connectivity index is 1.49. The third kappa shape index (κ3) is 6.90. The summed E-state index contributed by atoms with van der Waals surface area (Å²) in [6, 6.07) is 9.22. The molecule has 0 bridgehead atoms. The molecule has 2 amide bonds. The van der Waals surface area contributed by atoms with Gasteiger partial charge in [0.2, 0.25) is 0 Å². The number of hydrogen-bond donors (Lipinski definition) is 2. The third-order valence-corrected chi connectivity index (χ3v) is 5.26. The van der Waals surface area contributed by atoms with E-state index in [1.54, 1.807) is 17.0 Å². The molecule has 1 aliphatic rings. The second-order valence-electron chi connectivity index (χ2n) is 8.72. The predicted molar refractivity (Wildman–Crippen MR) is 121 cm³/mol. The number of halogens is 2. The van der Waals surface area contributed by atoms with Gasteiger partial charge in [-0.1, -0.05) is 17.7 Å². The Bertz CT molecular complexity index is 972. The number of aromatic nitrogens is 1. The van der Waals surface area contributed by atoms with Crippen LogP contribution in [0, 0.1) is 5.82 Å². The molecule has 0 aliphatic carbocycles. The number of benzene rings is 1. The molecule has 0 saturated carbocycles. The van der Waals surface area contributed by atoms with E-state index >= 15 is 0 Å². The zero-order valence-electron chi connectivity index (χ0n) is 18.5. The van der Waals surface area contributed by atoms with Crippen molar-refractivity contribution in [3.8, 4) is 0 Å². The lowest BCUT2D eigenvalue weighted by molar-refractivity contribution is 0.0198. The van der Waals surface area contributed by atoms with Crippen molar-refractivity contribution < 1.29 is 18.7 Å². The number of likely N-dealkylation sites (tertiary alicyclic amines) is 1. The first-order valence-corrected chi connectivity index (χ1v) is 10.9. The quantitative estimate of drug-likeness (QED) is 0.677. The van der Waals surface area contributed by atoms with Gasteiger partial charge in [-0.3, -0.25) is 4.79 Å². The second-order valence-corrected chi connectivity index (χ2v) is 9.12. The molecule has 1 fully saturated rings. The monoisotopic (exact) mass is 462 g/mol. The number of ether oxygens (including phenoxy) is 1. The van der Waals surface area contributed by atoms with Crippen molar-refractivity contribution >= 4 is 29.4 Å². The normalized spacial score (nSPS) is 14.8. The van der Waals surface area contributed by atoms with Crippen molar-refractivity contribution in [2.45, 2.75) is 51.8 Å². The van der Waals surface area contributed by atoms with Crippen molar-refractivity contribution in [3.63, 3.8) is 0 Å². The number of amides is 2. The van der Waals surface area contributed by atoms with E-state index in [0.29, 0.717) is 25.5 Å². The molecule has 32 heavy (non-hydrogen) atoms. The van der Waals surface area contributed by atoms with Crippen LogP contribution in [0.3, 0.4) is 0 Å². The topological polar surface area (TPSA) is 83.6 Å². The summed E-state index contributed by atoms with van der Waals surface area (Å²) in [6.07, 6.45) is 1.36. The van der Waals surface area contributed by atoms with Crippen LogP contribution in [0.5, 0.6) is 0 Å². The fourth-order valence-corrected chi connectivity index (χ4v) is 3.60. The molecular formula is C23H28ClFN4O3. The van der Waals surface area contributed by atoms with Gasteiger partial charge in [0.05, 0.1) is 16.3 Å². The van der Waals surface area contributed by atoms with Crippen LogP contribution in [0.1, 0.15) is 49.7 Å². The summed E-state index contributed by atoms with van der Waals surface area (Å²) in [7, 11) is 0. The lowest BCUT2D eigenvalue weighted by Crippen LogP contribution is -2.46. The molecule has 9 heteroatoms. The largest absolute Gasteiger partial charge is 0.444 e. The zero-order valence-corrected chi connectivity index (χ0v) is 19.2. The van der Waals surface area contributed by atoms with E-state index in [4.69, 9.17) is 16.3 Å². The standard InChI is InChI=1S/C23H28ClFN4O3/c1-23(2,3)32-22(31)29-11-9-16(10-12-29)26-14-17-5-4-6-20(27-17)28-21(30)18-8-7-15(25)13-19(18)24/h4-8,13,16,26H,9-12,14H2,1-3H3,(H,27,28,30). The van der Waals surface area contributed by atoms with E-state index in [9.17, 15) is 14.0 Å². The number of piperidine rings is 1. The van der Waals surface area contributed by atoms with Gasteiger partial charge in [-0.2, -0.15) is 0 Å². The van der Waals surface area contributed by atoms with Crippen molar-refractivity contribution in [2.24, 2.45) is 0 Å². The highest BCUT2D eigenvalue weighted by atomic mass is 35.5. The van der Waals surface area contributed by atoms with Crippen molar-refractivity contribution in [1.29, 1.82) is 0 Å². The Morgan fingerprint density at radius 3 is 2.59 bits per heavy atom. The van der Waals surface area contributed by atoms with Crippen LogP contribution >= 0.6 is 11.6 Å². The number of nitrogens with zero attached hydrogens (tertiary/aromatic N) is 2. The smallest absolute Gasteiger partial charge is 0.410 e. The number of nitrogens with one attached hydrogen (secondary N) is 2. The molecule has 2 heterocycles. The predicted octanol–water partition coefficient (Wildman–Crippen LogP) is 4.62. The number of anilines is 1. The molecule has 0 atom stereocenters. The van der Waals surface area contributed by atoms with Crippen LogP contribution in [0.15, 0.2) is 36.4 Å². The van der Waals surface area contributed by atoms with E-state index in [2.05, 4.69) is 15.6 Å². The summed E-state index contributed by atoms with van der Waals surface area (Å²) in [4.78, 5) is 30.8. The number of rotatable bonds is 5. The molecule has 0 spiro atoms. The van der Waals surface area contributed by atoms with Gasteiger partial charge >= 0.3 is 6.09 Å². The van der Waals surface area contributed by atoms with Crippen LogP contribution in [0.4, 0.5) is 15.0 Å². The zero-order chi connectivity index (χ0) is 23.3. The minimum absolute atomic E-state index is 0.0399. The highest BCUT2D eigenvalue weighted by Crippen LogP contribution is 2.19. The number of hydrogen-bond acceptors (Lipinski definition) is 5. The minimum Gasteiger partial charge on any atom is -0.444 e. The number of carbonyl (C=O) groups is 2. The third-order valence-electron chi connectivity index (χ3n) is 4.94. The van der Waals surface area contributed by atoms with Gasteiger partial charge in [0.25, 0.3) is 5.91 Å². The van der Waals surface area contributed by atoms with E-state index in [0.717, 1.165) is 24.6 Å². The minimum atomic E-state index is -0.505. The van der Waals surface area contributed by atoms with Crippen LogP contribution in [-0.2, 0) is 11.3 Å². The molecule has 7 nitrogen and oxygen atoms in total. The molecule has 2 aromatic rings. The second kappa shape index (κ2) is 10.3. The summed E-state index contributed by atoms with van der Waals surface area (Å²) in [5, 5.41) is 6.19. The van der Waals surface area contributed by atoms with Gasteiger partial charge in [-0.05, 0) is 63.9 Å². The van der Waals surface area contributed by atoms with Crippen LogP contribution < -0.4 is 10.6 Å². The molecule has 2 N–H and O–H groups in total. The molecule has 1 aromatic carbocycles. The molecule has 0 radical (unpaired) electrons. The van der Waals surface area contributed by atoms with Gasteiger partial charge in [0.1, 0.15) is 17.2 Å². The Morgan fingerprint density at radius 2 is 1.94 bits per heavy atom. The van der Waals surface area contributed by atoms with Gasteiger partial charge in [-0.25, -0.2) is 14.2 Å². The Hall–Kier alpha value is -2.71. The maximum Gasteiger partial charge on any atom is 0.410 e. The maximum atomic E-state index is 13.2. The van der Waals surface area contributed by atoms with Crippen LogP contribution in [-0.4, -0.2) is 46.6 Å². The first-order chi connectivity index (χ1) is 15.1. The van der Waals surface area contributed by atoms with E-state index < -0.39 is 17.3 Å². The van der Waals surface area contributed by atoms with Crippen LogP contribution in [0.2, 0.25) is 5.02 Å². The lowest BCUT2D eigenvalue weighted by Gasteiger charge is -2.33. The SMILES string of the molecule is CC(C)(C)OC(=O)N1CCC(NCc2cccc(NC(=O)c3ccc(F)cc3Cl)n2)CC1. The molecule has 1 aromatic heterocycles. The first-order valence-electron chi connectivity index (χ1n) is 10.5. The van der Waals surface area contributed by atoms with Gasteiger partial charge < -0.3 is 20.3 Å². The van der Waals surface area contributed by atoms with Gasteiger partial charge in [0, 0.05) is 25.7 Å². The fourth-order valence-electron chi connectivity index (χ4n) is 3.35. The van der Waals surface area contributed by atoms with Gasteiger partial charge in [-0.15, -0.1) is 0 Å². The number of pyridine rings is 1. The maximum absolute atomic E-state index is 13.2. The summed E-state index contributed by atoms with van der Waals surface area (Å²) in [6.45, 7) is 7.37. The molecule has 172 valence electrons. The van der Waals surface area contributed by atoms with Crippen molar-refractivity contribution in [2.75, 3.05) is 18.4 Å². The molecule has 3 rings (SSSR count). The summed E-state index contributed by atoms with van der Waals surface area (Å²) >= 11 is 5.96. The van der Waals surface area contributed by atoms with Crippen molar-refractivity contribution in [3.05, 3.63) is 58.5 Å². The molecule has 0 unspecified atom stereocenters. The highest BCUT2D eigenvalue weighted by Gasteiger charge is 2.26. The average Bonchev–Trinajstić information content (AvgIpc) is 2.71. The Kier molecular flexibility index (Phi) is 7.69. The molecule has 1 saturated heterocycles. The fraction of sp³-hybridized carbons (Fsp3) is 0.435. The van der Waals surface area contributed by atoms with Crippen LogP contribution in [0.25, 0.3) is 0 Å². The summed E-state index contributed by atoms with van der Waals surface area (Å²) < 4.78 is 18.6. The van der Waals surface area contributed by atoms with Crippen molar-refractivity contribution in [1.82, 2.24) is 15.2 Å². The summed E-state index contributed by atoms with van der Waals surface area (Å²) in [5.41, 5.74) is 0.443. The lowest BCUT2D eigenvalue weighted by atomic mass is 10.1.